The van der Waals surface area contributed by atoms with Crippen molar-refractivity contribution in [1.29, 1.82) is 0 Å². The van der Waals surface area contributed by atoms with Crippen molar-refractivity contribution < 1.29 is 38.6 Å². The molecule has 2 aromatic rings. The number of nitrogens with zero attached hydrogens (tertiary/aromatic N) is 4. The molecule has 4 rings (SSSR count). The summed E-state index contributed by atoms with van der Waals surface area (Å²) in [4.78, 5) is 65.1. The standard InChI is InChI=1S/C27H33N5O8/c1-2-38-27(37)40-32-14-12-31(13-15-32)26(36)21(17-23(33)34)29-25(35)20-16-22(39-19-10-6-7-11-19)30-24(28-20)18-8-4-3-5-9-18/h3-5,8-9,16,19,21H,2,6-7,10-15,17H2,1H3,(H,29,35)(H,33,34)/t21-/m0/s1. The molecule has 0 spiro atoms. The number of carboxylic acid groups (broad SMARTS) is 1. The molecule has 2 aliphatic rings. The van der Waals surface area contributed by atoms with E-state index in [2.05, 4.69) is 15.3 Å². The van der Waals surface area contributed by atoms with Crippen molar-refractivity contribution in [3.63, 3.8) is 0 Å². The fourth-order valence-corrected chi connectivity index (χ4v) is 4.57. The van der Waals surface area contributed by atoms with Crippen LogP contribution in [-0.4, -0.2) is 93.9 Å². The van der Waals surface area contributed by atoms with Gasteiger partial charge < -0.3 is 29.6 Å². The number of rotatable bonds is 10. The number of hydrogen-bond donors (Lipinski definition) is 2. The Labute approximate surface area is 231 Å². The predicted octanol–water partition coefficient (Wildman–Crippen LogP) is 2.27. The second-order valence-corrected chi connectivity index (χ2v) is 9.46. The van der Waals surface area contributed by atoms with Crippen LogP contribution >= 0.6 is 0 Å². The van der Waals surface area contributed by atoms with Crippen LogP contribution in [0.25, 0.3) is 11.4 Å². The summed E-state index contributed by atoms with van der Waals surface area (Å²) in [6.45, 7) is 2.55. The number of carbonyl (C=O) groups is 4. The van der Waals surface area contributed by atoms with E-state index in [1.54, 1.807) is 19.1 Å². The highest BCUT2D eigenvalue weighted by atomic mass is 16.8. The Kier molecular flexibility index (Phi) is 9.84. The third-order valence-corrected chi connectivity index (χ3v) is 6.56. The zero-order chi connectivity index (χ0) is 28.5. The van der Waals surface area contributed by atoms with Crippen molar-refractivity contribution in [2.24, 2.45) is 0 Å². The number of aromatic nitrogens is 2. The van der Waals surface area contributed by atoms with Crippen molar-refractivity contribution >= 4 is 23.9 Å². The molecule has 1 atom stereocenters. The quantitative estimate of drug-likeness (QED) is 0.414. The topological polar surface area (TPSA) is 160 Å². The van der Waals surface area contributed by atoms with Crippen LogP contribution in [0.15, 0.2) is 36.4 Å². The second-order valence-electron chi connectivity index (χ2n) is 9.46. The number of amides is 2. The summed E-state index contributed by atoms with van der Waals surface area (Å²) in [5.41, 5.74) is 0.632. The Bertz CT molecular complexity index is 1200. The van der Waals surface area contributed by atoms with Crippen LogP contribution in [0, 0.1) is 0 Å². The zero-order valence-corrected chi connectivity index (χ0v) is 22.3. The molecule has 1 aromatic carbocycles. The molecular formula is C27H33N5O8. The molecule has 1 aliphatic heterocycles. The number of hydroxylamine groups is 2. The van der Waals surface area contributed by atoms with E-state index in [4.69, 9.17) is 14.3 Å². The third kappa shape index (κ3) is 7.88. The van der Waals surface area contributed by atoms with Gasteiger partial charge in [-0.05, 0) is 32.6 Å². The lowest BCUT2D eigenvalue weighted by Crippen LogP contribution is -2.55. The van der Waals surface area contributed by atoms with Gasteiger partial charge in [0.2, 0.25) is 11.8 Å². The summed E-state index contributed by atoms with van der Waals surface area (Å²) in [5, 5.41) is 13.4. The molecule has 0 unspecified atom stereocenters. The van der Waals surface area contributed by atoms with Crippen molar-refractivity contribution in [2.45, 2.75) is 51.2 Å². The minimum absolute atomic E-state index is 0.0118. The molecule has 1 aromatic heterocycles. The lowest BCUT2D eigenvalue weighted by molar-refractivity contribution is -0.158. The van der Waals surface area contributed by atoms with Crippen LogP contribution in [0.5, 0.6) is 5.88 Å². The highest BCUT2D eigenvalue weighted by Gasteiger charge is 2.32. The lowest BCUT2D eigenvalue weighted by atomic mass is 10.1. The molecule has 1 saturated carbocycles. The third-order valence-electron chi connectivity index (χ3n) is 6.56. The summed E-state index contributed by atoms with van der Waals surface area (Å²) < 4.78 is 10.8. The summed E-state index contributed by atoms with van der Waals surface area (Å²) in [6, 6.07) is 9.17. The van der Waals surface area contributed by atoms with Crippen LogP contribution in [0.4, 0.5) is 4.79 Å². The highest BCUT2D eigenvalue weighted by Crippen LogP contribution is 2.25. The number of benzene rings is 1. The van der Waals surface area contributed by atoms with Gasteiger partial charge in [-0.15, -0.1) is 5.06 Å². The van der Waals surface area contributed by atoms with Crippen molar-refractivity contribution in [1.82, 2.24) is 25.2 Å². The summed E-state index contributed by atoms with van der Waals surface area (Å²) in [7, 11) is 0. The zero-order valence-electron chi connectivity index (χ0n) is 22.3. The van der Waals surface area contributed by atoms with E-state index in [0.29, 0.717) is 5.56 Å². The smallest absolute Gasteiger partial charge is 0.481 e. The molecule has 1 saturated heterocycles. The summed E-state index contributed by atoms with van der Waals surface area (Å²) in [5.74, 6) is -2.02. The Morgan fingerprint density at radius 2 is 1.75 bits per heavy atom. The van der Waals surface area contributed by atoms with Crippen molar-refractivity contribution in [2.75, 3.05) is 32.8 Å². The number of ether oxygens (including phenoxy) is 2. The average Bonchev–Trinajstić information content (AvgIpc) is 3.46. The lowest BCUT2D eigenvalue weighted by Gasteiger charge is -2.34. The van der Waals surface area contributed by atoms with Crippen LogP contribution in [-0.2, 0) is 19.2 Å². The Morgan fingerprint density at radius 1 is 1.05 bits per heavy atom. The second kappa shape index (κ2) is 13.7. The van der Waals surface area contributed by atoms with Crippen LogP contribution in [0.3, 0.4) is 0 Å². The summed E-state index contributed by atoms with van der Waals surface area (Å²) >= 11 is 0. The predicted molar refractivity (Wildman–Crippen MR) is 140 cm³/mol. The van der Waals surface area contributed by atoms with Gasteiger partial charge in [0.15, 0.2) is 5.82 Å². The van der Waals surface area contributed by atoms with Gasteiger partial charge in [0, 0.05) is 24.7 Å². The fourth-order valence-electron chi connectivity index (χ4n) is 4.57. The molecule has 13 nitrogen and oxygen atoms in total. The first kappa shape index (κ1) is 28.7. The van der Waals surface area contributed by atoms with Crippen LogP contribution in [0.2, 0.25) is 0 Å². The molecule has 0 radical (unpaired) electrons. The maximum atomic E-state index is 13.3. The van der Waals surface area contributed by atoms with Gasteiger partial charge in [0.05, 0.1) is 26.1 Å². The maximum Gasteiger partial charge on any atom is 0.527 e. The maximum absolute atomic E-state index is 13.3. The Morgan fingerprint density at radius 3 is 2.40 bits per heavy atom. The van der Waals surface area contributed by atoms with E-state index in [9.17, 15) is 24.3 Å². The first-order valence-corrected chi connectivity index (χ1v) is 13.3. The van der Waals surface area contributed by atoms with Crippen LogP contribution in [0.1, 0.15) is 49.5 Å². The van der Waals surface area contributed by atoms with Gasteiger partial charge in [-0.25, -0.2) is 9.78 Å². The van der Waals surface area contributed by atoms with Gasteiger partial charge in [0.25, 0.3) is 5.91 Å². The van der Waals surface area contributed by atoms with Gasteiger partial charge in [-0.2, -0.15) is 4.98 Å². The van der Waals surface area contributed by atoms with E-state index >= 15 is 0 Å². The van der Waals surface area contributed by atoms with Gasteiger partial charge in [0.1, 0.15) is 17.8 Å². The molecule has 0 bridgehead atoms. The van der Waals surface area contributed by atoms with Gasteiger partial charge in [-0.3, -0.25) is 14.4 Å². The number of hydrogen-bond acceptors (Lipinski definition) is 10. The number of carboxylic acids is 1. The van der Waals surface area contributed by atoms with Crippen LogP contribution < -0.4 is 10.1 Å². The largest absolute Gasteiger partial charge is 0.527 e. The molecule has 2 amide bonds. The first-order valence-electron chi connectivity index (χ1n) is 13.3. The molecule has 2 heterocycles. The summed E-state index contributed by atoms with van der Waals surface area (Å²) in [6.07, 6.45) is 2.41. The number of piperazine rings is 1. The highest BCUT2D eigenvalue weighted by molar-refractivity contribution is 5.97. The van der Waals surface area contributed by atoms with Gasteiger partial charge >= 0.3 is 12.1 Å². The number of aliphatic carboxylic acids is 1. The molecule has 214 valence electrons. The molecule has 2 N–H and O–H groups in total. The Balaban J connectivity index is 1.48. The van der Waals surface area contributed by atoms with E-state index in [1.807, 2.05) is 18.2 Å². The van der Waals surface area contributed by atoms with Crippen molar-refractivity contribution in [3.8, 4) is 17.3 Å². The molecule has 2 fully saturated rings. The van der Waals surface area contributed by atoms with E-state index < -0.39 is 36.4 Å². The normalized spacial score (nSPS) is 16.7. The van der Waals surface area contributed by atoms with E-state index in [-0.39, 0.29) is 56.3 Å². The monoisotopic (exact) mass is 555 g/mol. The molecule has 1 aliphatic carbocycles. The minimum Gasteiger partial charge on any atom is -0.481 e. The van der Waals surface area contributed by atoms with E-state index in [1.165, 1.54) is 16.0 Å². The molecular weight excluding hydrogens is 522 g/mol. The van der Waals surface area contributed by atoms with E-state index in [0.717, 1.165) is 25.7 Å². The minimum atomic E-state index is -1.34. The molecule has 40 heavy (non-hydrogen) atoms. The Hall–Kier alpha value is -4.26. The number of nitrogens with one attached hydrogen (secondary N) is 1. The first-order chi connectivity index (χ1) is 19.3. The number of carbonyl (C=O) groups excluding carboxylic acids is 3. The fraction of sp³-hybridized carbons (Fsp3) is 0.481. The SMILES string of the molecule is CCOC(=O)ON1CCN(C(=O)[C@H](CC(=O)O)NC(=O)c2cc(OC3CCCC3)nc(-c3ccccc3)n2)CC1. The average molecular weight is 556 g/mol. The van der Waals surface area contributed by atoms with Gasteiger partial charge in [-0.1, -0.05) is 30.3 Å². The van der Waals surface area contributed by atoms with Crippen molar-refractivity contribution in [3.05, 3.63) is 42.1 Å². The molecule has 13 heteroatoms.